The number of rotatable bonds is 3. The van der Waals surface area contributed by atoms with Gasteiger partial charge in [0.1, 0.15) is 0 Å². The number of hydrogen-bond acceptors (Lipinski definition) is 4. The molecule has 1 aliphatic rings. The Hall–Kier alpha value is -0.900. The highest BCUT2D eigenvalue weighted by Gasteiger charge is 2.26. The summed E-state index contributed by atoms with van der Waals surface area (Å²) in [5.74, 6) is 1.11. The van der Waals surface area contributed by atoms with Gasteiger partial charge in [0.15, 0.2) is 11.4 Å². The minimum absolute atomic E-state index is 0.314. The summed E-state index contributed by atoms with van der Waals surface area (Å²) in [5.41, 5.74) is 0.954. The lowest BCUT2D eigenvalue weighted by atomic mass is 9.94. The molecule has 2 rings (SSSR count). The van der Waals surface area contributed by atoms with Crippen LogP contribution < -0.4 is 4.90 Å². The summed E-state index contributed by atoms with van der Waals surface area (Å²) >= 11 is 1.55. The minimum Gasteiger partial charge on any atom is -0.345 e. The average molecular weight is 266 g/mol. The van der Waals surface area contributed by atoms with E-state index in [0.29, 0.717) is 12.0 Å². The molecule has 4 heteroatoms. The van der Waals surface area contributed by atoms with E-state index in [9.17, 15) is 4.79 Å². The van der Waals surface area contributed by atoms with E-state index in [2.05, 4.69) is 32.6 Å². The standard InChI is InChI=1S/C14H22N2OS/c1-9(2)13-12(8-17)18-14(15-13)16-6-5-10(3)7-11(16)4/h8-11H,5-7H2,1-4H3. The Balaban J connectivity index is 2.25. The van der Waals surface area contributed by atoms with Crippen molar-refractivity contribution in [1.29, 1.82) is 0 Å². The maximum Gasteiger partial charge on any atom is 0.186 e. The van der Waals surface area contributed by atoms with Crippen molar-refractivity contribution in [3.63, 3.8) is 0 Å². The molecule has 0 spiro atoms. The molecule has 18 heavy (non-hydrogen) atoms. The first-order valence-corrected chi connectivity index (χ1v) is 7.57. The van der Waals surface area contributed by atoms with Crippen LogP contribution in [0.2, 0.25) is 0 Å². The maximum absolute atomic E-state index is 11.1. The van der Waals surface area contributed by atoms with Crippen molar-refractivity contribution in [2.75, 3.05) is 11.4 Å². The Labute approximate surface area is 113 Å². The van der Waals surface area contributed by atoms with Crippen LogP contribution in [-0.4, -0.2) is 23.9 Å². The molecule has 2 unspecified atom stereocenters. The van der Waals surface area contributed by atoms with Gasteiger partial charge in [0.05, 0.1) is 10.6 Å². The van der Waals surface area contributed by atoms with Gasteiger partial charge in [0.2, 0.25) is 0 Å². The zero-order chi connectivity index (χ0) is 13.3. The largest absolute Gasteiger partial charge is 0.345 e. The highest BCUT2D eigenvalue weighted by molar-refractivity contribution is 7.17. The zero-order valence-corrected chi connectivity index (χ0v) is 12.5. The molecular weight excluding hydrogens is 244 g/mol. The van der Waals surface area contributed by atoms with Gasteiger partial charge in [-0.15, -0.1) is 0 Å². The van der Waals surface area contributed by atoms with E-state index in [4.69, 9.17) is 4.98 Å². The van der Waals surface area contributed by atoms with Crippen LogP contribution in [0.15, 0.2) is 0 Å². The van der Waals surface area contributed by atoms with Gasteiger partial charge in [-0.1, -0.05) is 32.1 Å². The number of hydrogen-bond donors (Lipinski definition) is 0. The quantitative estimate of drug-likeness (QED) is 0.782. The molecule has 1 aromatic rings. The number of anilines is 1. The molecule has 2 heterocycles. The smallest absolute Gasteiger partial charge is 0.186 e. The molecular formula is C14H22N2OS. The second-order valence-electron chi connectivity index (χ2n) is 5.69. The number of carbonyl (C=O) groups is 1. The summed E-state index contributed by atoms with van der Waals surface area (Å²) in [6, 6.07) is 0.527. The fourth-order valence-electron chi connectivity index (χ4n) is 2.64. The van der Waals surface area contributed by atoms with Gasteiger partial charge in [-0.05, 0) is 31.6 Å². The summed E-state index contributed by atoms with van der Waals surface area (Å²) in [5, 5.41) is 1.03. The van der Waals surface area contributed by atoms with Gasteiger partial charge >= 0.3 is 0 Å². The highest BCUT2D eigenvalue weighted by atomic mass is 32.1. The first-order valence-electron chi connectivity index (χ1n) is 6.75. The number of nitrogens with zero attached hydrogens (tertiary/aromatic N) is 2. The van der Waals surface area contributed by atoms with Gasteiger partial charge in [0.25, 0.3) is 0 Å². The highest BCUT2D eigenvalue weighted by Crippen LogP contribution is 2.34. The van der Waals surface area contributed by atoms with Crippen LogP contribution >= 0.6 is 11.3 Å². The normalized spacial score (nSPS) is 24.6. The summed E-state index contributed by atoms with van der Waals surface area (Å²) in [4.78, 5) is 19.0. The van der Waals surface area contributed by atoms with Crippen molar-refractivity contribution in [2.24, 2.45) is 5.92 Å². The van der Waals surface area contributed by atoms with Gasteiger partial charge in [0, 0.05) is 12.6 Å². The van der Waals surface area contributed by atoms with Crippen LogP contribution in [0.5, 0.6) is 0 Å². The molecule has 0 radical (unpaired) electrons. The molecule has 100 valence electrons. The van der Waals surface area contributed by atoms with Crippen molar-refractivity contribution in [1.82, 2.24) is 4.98 Å². The third kappa shape index (κ3) is 2.58. The van der Waals surface area contributed by atoms with E-state index in [1.54, 1.807) is 11.3 Å². The molecule has 3 nitrogen and oxygen atoms in total. The Kier molecular flexibility index (Phi) is 4.05. The third-order valence-electron chi connectivity index (χ3n) is 3.71. The lowest BCUT2D eigenvalue weighted by Crippen LogP contribution is -2.40. The average Bonchev–Trinajstić information content (AvgIpc) is 2.73. The summed E-state index contributed by atoms with van der Waals surface area (Å²) in [7, 11) is 0. The second-order valence-corrected chi connectivity index (χ2v) is 6.70. The van der Waals surface area contributed by atoms with E-state index >= 15 is 0 Å². The molecule has 0 N–H and O–H groups in total. The fraction of sp³-hybridized carbons (Fsp3) is 0.714. The predicted molar refractivity (Wildman–Crippen MR) is 76.8 cm³/mol. The molecule has 0 saturated carbocycles. The monoisotopic (exact) mass is 266 g/mol. The number of aromatic nitrogens is 1. The Morgan fingerprint density at radius 1 is 1.44 bits per heavy atom. The minimum atomic E-state index is 0.314. The molecule has 1 fully saturated rings. The first kappa shape index (κ1) is 13.5. The molecule has 0 amide bonds. The number of carbonyl (C=O) groups excluding carboxylic acids is 1. The second kappa shape index (κ2) is 5.39. The Bertz CT molecular complexity index is 427. The van der Waals surface area contributed by atoms with E-state index in [1.807, 2.05) is 0 Å². The van der Waals surface area contributed by atoms with Crippen molar-refractivity contribution in [2.45, 2.75) is 52.5 Å². The molecule has 0 aromatic carbocycles. The van der Waals surface area contributed by atoms with Gasteiger partial charge in [-0.2, -0.15) is 0 Å². The van der Waals surface area contributed by atoms with E-state index in [1.165, 1.54) is 12.8 Å². The number of piperidine rings is 1. The summed E-state index contributed by atoms with van der Waals surface area (Å²) in [6.07, 6.45) is 3.39. The van der Waals surface area contributed by atoms with E-state index in [-0.39, 0.29) is 0 Å². The zero-order valence-electron chi connectivity index (χ0n) is 11.6. The van der Waals surface area contributed by atoms with Crippen LogP contribution in [0.25, 0.3) is 0 Å². The van der Waals surface area contributed by atoms with Crippen LogP contribution in [-0.2, 0) is 0 Å². The lowest BCUT2D eigenvalue weighted by molar-refractivity contribution is 0.112. The molecule has 0 aliphatic carbocycles. The predicted octanol–water partition coefficient (Wildman–Crippen LogP) is 3.70. The van der Waals surface area contributed by atoms with Gasteiger partial charge < -0.3 is 4.90 Å². The summed E-state index contributed by atoms with van der Waals surface area (Å²) in [6.45, 7) is 9.81. The topological polar surface area (TPSA) is 33.2 Å². The van der Waals surface area contributed by atoms with Crippen LogP contribution in [0, 0.1) is 5.92 Å². The Morgan fingerprint density at radius 2 is 2.17 bits per heavy atom. The first-order chi connectivity index (χ1) is 8.52. The van der Waals surface area contributed by atoms with E-state index < -0.39 is 0 Å². The molecule has 0 bridgehead atoms. The van der Waals surface area contributed by atoms with Crippen molar-refractivity contribution in [3.8, 4) is 0 Å². The van der Waals surface area contributed by atoms with Gasteiger partial charge in [-0.3, -0.25) is 4.79 Å². The van der Waals surface area contributed by atoms with Crippen LogP contribution in [0.1, 0.15) is 61.8 Å². The lowest BCUT2D eigenvalue weighted by Gasteiger charge is -2.36. The summed E-state index contributed by atoms with van der Waals surface area (Å²) < 4.78 is 0. The SMILES string of the molecule is CC1CCN(c2nc(C(C)C)c(C=O)s2)C(C)C1. The Morgan fingerprint density at radius 3 is 2.67 bits per heavy atom. The van der Waals surface area contributed by atoms with Crippen LogP contribution in [0.3, 0.4) is 0 Å². The molecule has 2 atom stereocenters. The number of aldehydes is 1. The molecule has 1 saturated heterocycles. The molecule has 1 aliphatic heterocycles. The maximum atomic E-state index is 11.1. The van der Waals surface area contributed by atoms with Crippen molar-refractivity contribution >= 4 is 22.8 Å². The molecule has 1 aromatic heterocycles. The van der Waals surface area contributed by atoms with Crippen molar-refractivity contribution in [3.05, 3.63) is 10.6 Å². The van der Waals surface area contributed by atoms with Crippen LogP contribution in [0.4, 0.5) is 5.13 Å². The van der Waals surface area contributed by atoms with Gasteiger partial charge in [-0.25, -0.2) is 4.98 Å². The third-order valence-corrected chi connectivity index (χ3v) is 4.74. The van der Waals surface area contributed by atoms with E-state index in [0.717, 1.165) is 34.5 Å². The van der Waals surface area contributed by atoms with Crippen molar-refractivity contribution < 1.29 is 4.79 Å². The fourth-order valence-corrected chi connectivity index (χ4v) is 3.81. The number of thiazole rings is 1.